The average Bonchev–Trinajstić information content (AvgIpc) is 3.29. The van der Waals surface area contributed by atoms with E-state index in [0.29, 0.717) is 16.9 Å². The summed E-state index contributed by atoms with van der Waals surface area (Å²) in [7, 11) is 0. The van der Waals surface area contributed by atoms with Crippen LogP contribution < -0.4 is 5.32 Å². The van der Waals surface area contributed by atoms with Gasteiger partial charge >= 0.3 is 5.97 Å². The van der Waals surface area contributed by atoms with Gasteiger partial charge in [0, 0.05) is 17.9 Å². The molecule has 1 amide bonds. The third-order valence-electron chi connectivity index (χ3n) is 3.63. The van der Waals surface area contributed by atoms with E-state index in [2.05, 4.69) is 34.3 Å². The first kappa shape index (κ1) is 18.7. The molecular weight excluding hydrogens is 368 g/mol. The van der Waals surface area contributed by atoms with E-state index < -0.39 is 5.97 Å². The molecule has 1 aromatic carbocycles. The Morgan fingerprint density at radius 1 is 1.22 bits per heavy atom. The third kappa shape index (κ3) is 4.76. The average molecular weight is 386 g/mol. The standard InChI is InChI=1S/C18H18N4O4S/c1-10(2)12-4-6-13(7-5-12)16-21-15(26-22-16)8-25-17(24)14-9-27-18(20-14)19-11(3)23/h4-7,9-10H,8H2,1-3H3,(H,19,20,23). The molecule has 0 atom stereocenters. The lowest BCUT2D eigenvalue weighted by atomic mass is 10.0. The molecule has 9 heteroatoms. The number of carbonyl (C=O) groups is 2. The van der Waals surface area contributed by atoms with Gasteiger partial charge in [0.2, 0.25) is 11.7 Å². The molecule has 0 saturated heterocycles. The van der Waals surface area contributed by atoms with E-state index in [1.807, 2.05) is 24.3 Å². The molecule has 0 saturated carbocycles. The minimum Gasteiger partial charge on any atom is -0.451 e. The van der Waals surface area contributed by atoms with Crippen molar-refractivity contribution >= 4 is 28.3 Å². The maximum Gasteiger partial charge on any atom is 0.358 e. The molecule has 1 N–H and O–H groups in total. The van der Waals surface area contributed by atoms with Crippen molar-refractivity contribution in [2.24, 2.45) is 0 Å². The molecular formula is C18H18N4O4S. The summed E-state index contributed by atoms with van der Waals surface area (Å²) >= 11 is 1.14. The first-order valence-electron chi connectivity index (χ1n) is 8.25. The van der Waals surface area contributed by atoms with Gasteiger partial charge in [-0.25, -0.2) is 9.78 Å². The normalized spacial score (nSPS) is 10.8. The number of amides is 1. The van der Waals surface area contributed by atoms with Crippen LogP contribution in [-0.2, 0) is 16.1 Å². The van der Waals surface area contributed by atoms with Crippen LogP contribution in [0.3, 0.4) is 0 Å². The van der Waals surface area contributed by atoms with Crippen LogP contribution in [0.4, 0.5) is 5.13 Å². The maximum atomic E-state index is 12.0. The highest BCUT2D eigenvalue weighted by atomic mass is 32.1. The van der Waals surface area contributed by atoms with E-state index in [4.69, 9.17) is 9.26 Å². The highest BCUT2D eigenvalue weighted by molar-refractivity contribution is 7.14. The lowest BCUT2D eigenvalue weighted by Crippen LogP contribution is -2.08. The van der Waals surface area contributed by atoms with E-state index in [1.54, 1.807) is 0 Å². The van der Waals surface area contributed by atoms with Crippen molar-refractivity contribution in [3.05, 3.63) is 46.8 Å². The number of thiazole rings is 1. The van der Waals surface area contributed by atoms with E-state index in [0.717, 1.165) is 16.9 Å². The summed E-state index contributed by atoms with van der Waals surface area (Å²) < 4.78 is 10.3. The summed E-state index contributed by atoms with van der Waals surface area (Å²) in [4.78, 5) is 31.2. The Kier molecular flexibility index (Phi) is 5.60. The van der Waals surface area contributed by atoms with Crippen LogP contribution in [0.25, 0.3) is 11.4 Å². The summed E-state index contributed by atoms with van der Waals surface area (Å²) in [5.74, 6) is 0.158. The lowest BCUT2D eigenvalue weighted by molar-refractivity contribution is -0.114. The molecule has 27 heavy (non-hydrogen) atoms. The van der Waals surface area contributed by atoms with Gasteiger partial charge in [0.25, 0.3) is 5.89 Å². The van der Waals surface area contributed by atoms with Crippen molar-refractivity contribution in [1.82, 2.24) is 15.1 Å². The second kappa shape index (κ2) is 8.09. The van der Waals surface area contributed by atoms with Gasteiger partial charge in [-0.15, -0.1) is 11.3 Å². The number of esters is 1. The molecule has 8 nitrogen and oxygen atoms in total. The molecule has 0 radical (unpaired) electrons. The van der Waals surface area contributed by atoms with Gasteiger partial charge in [-0.05, 0) is 11.5 Å². The fourth-order valence-corrected chi connectivity index (χ4v) is 2.95. The Morgan fingerprint density at radius 2 is 1.96 bits per heavy atom. The number of aromatic nitrogens is 3. The first-order valence-corrected chi connectivity index (χ1v) is 9.13. The molecule has 140 valence electrons. The highest BCUT2D eigenvalue weighted by Gasteiger charge is 2.16. The summed E-state index contributed by atoms with van der Waals surface area (Å²) in [5.41, 5.74) is 2.14. The van der Waals surface area contributed by atoms with Gasteiger partial charge < -0.3 is 14.6 Å². The van der Waals surface area contributed by atoms with Gasteiger partial charge in [0.15, 0.2) is 17.4 Å². The first-order chi connectivity index (χ1) is 12.9. The predicted molar refractivity (Wildman–Crippen MR) is 99.4 cm³/mol. The Morgan fingerprint density at radius 3 is 2.63 bits per heavy atom. The number of carbonyl (C=O) groups excluding carboxylic acids is 2. The SMILES string of the molecule is CC(=O)Nc1nc(C(=O)OCc2nc(-c3ccc(C(C)C)cc3)no2)cs1. The number of hydrogen-bond acceptors (Lipinski definition) is 8. The van der Waals surface area contributed by atoms with Crippen molar-refractivity contribution in [2.75, 3.05) is 5.32 Å². The second-order valence-electron chi connectivity index (χ2n) is 6.08. The molecule has 0 unspecified atom stereocenters. The van der Waals surface area contributed by atoms with E-state index >= 15 is 0 Å². The van der Waals surface area contributed by atoms with Crippen molar-refractivity contribution in [3.63, 3.8) is 0 Å². The molecule has 2 heterocycles. The molecule has 0 aliphatic heterocycles. The summed E-state index contributed by atoms with van der Waals surface area (Å²) in [6.45, 7) is 5.44. The summed E-state index contributed by atoms with van der Waals surface area (Å²) in [6.07, 6.45) is 0. The van der Waals surface area contributed by atoms with Gasteiger partial charge in [0.05, 0.1) is 0 Å². The maximum absolute atomic E-state index is 12.0. The molecule has 0 aliphatic rings. The highest BCUT2D eigenvalue weighted by Crippen LogP contribution is 2.21. The number of anilines is 1. The number of hydrogen-bond donors (Lipinski definition) is 1. The Balaban J connectivity index is 1.60. The molecule has 3 aromatic rings. The fourth-order valence-electron chi connectivity index (χ4n) is 2.22. The topological polar surface area (TPSA) is 107 Å². The zero-order valence-corrected chi connectivity index (χ0v) is 15.9. The quantitative estimate of drug-likeness (QED) is 0.645. The van der Waals surface area contributed by atoms with Gasteiger partial charge in [-0.3, -0.25) is 4.79 Å². The van der Waals surface area contributed by atoms with Crippen LogP contribution in [0.5, 0.6) is 0 Å². The minimum atomic E-state index is -0.635. The van der Waals surface area contributed by atoms with Crippen LogP contribution in [0.15, 0.2) is 34.2 Å². The molecule has 2 aromatic heterocycles. The molecule has 0 spiro atoms. The van der Waals surface area contributed by atoms with E-state index in [-0.39, 0.29) is 24.1 Å². The Bertz CT molecular complexity index is 946. The van der Waals surface area contributed by atoms with Crippen molar-refractivity contribution in [2.45, 2.75) is 33.3 Å². The number of ether oxygens (including phenoxy) is 1. The van der Waals surface area contributed by atoms with Crippen LogP contribution in [-0.4, -0.2) is 27.0 Å². The molecule has 0 fully saturated rings. The number of nitrogens with one attached hydrogen (secondary N) is 1. The zero-order valence-electron chi connectivity index (χ0n) is 15.1. The minimum absolute atomic E-state index is 0.104. The predicted octanol–water partition coefficient (Wildman–Crippen LogP) is 3.63. The summed E-state index contributed by atoms with van der Waals surface area (Å²) in [6, 6.07) is 7.89. The summed E-state index contributed by atoms with van der Waals surface area (Å²) in [5, 5.41) is 8.25. The van der Waals surface area contributed by atoms with Gasteiger partial charge in [-0.2, -0.15) is 4.98 Å². The van der Waals surface area contributed by atoms with Crippen molar-refractivity contribution < 1.29 is 18.8 Å². The molecule has 0 aliphatic carbocycles. The fraction of sp³-hybridized carbons (Fsp3) is 0.278. The van der Waals surface area contributed by atoms with Gasteiger partial charge in [-0.1, -0.05) is 43.3 Å². The van der Waals surface area contributed by atoms with Crippen molar-refractivity contribution in [3.8, 4) is 11.4 Å². The van der Waals surface area contributed by atoms with Crippen LogP contribution in [0.2, 0.25) is 0 Å². The third-order valence-corrected chi connectivity index (χ3v) is 4.38. The lowest BCUT2D eigenvalue weighted by Gasteiger charge is -2.04. The monoisotopic (exact) mass is 386 g/mol. The zero-order chi connectivity index (χ0) is 19.4. The van der Waals surface area contributed by atoms with Crippen molar-refractivity contribution in [1.29, 1.82) is 0 Å². The number of benzene rings is 1. The van der Waals surface area contributed by atoms with Crippen LogP contribution >= 0.6 is 11.3 Å². The second-order valence-corrected chi connectivity index (χ2v) is 6.94. The van der Waals surface area contributed by atoms with Crippen LogP contribution in [0, 0.1) is 0 Å². The molecule has 3 rings (SSSR count). The van der Waals surface area contributed by atoms with Gasteiger partial charge in [0.1, 0.15) is 0 Å². The number of nitrogens with zero attached hydrogens (tertiary/aromatic N) is 3. The smallest absolute Gasteiger partial charge is 0.358 e. The Hall–Kier alpha value is -3.07. The van der Waals surface area contributed by atoms with E-state index in [1.165, 1.54) is 17.9 Å². The largest absolute Gasteiger partial charge is 0.451 e. The van der Waals surface area contributed by atoms with E-state index in [9.17, 15) is 9.59 Å². The van der Waals surface area contributed by atoms with Crippen LogP contribution in [0.1, 0.15) is 48.6 Å². The molecule has 0 bridgehead atoms. The number of rotatable bonds is 6. The Labute approximate surface area is 159 Å².